The van der Waals surface area contributed by atoms with E-state index in [1.165, 1.54) is 28.0 Å². The quantitative estimate of drug-likeness (QED) is 0.791. The van der Waals surface area contributed by atoms with Gasteiger partial charge in [-0.3, -0.25) is 0 Å². The molecule has 0 aliphatic carbocycles. The Morgan fingerprint density at radius 2 is 2.18 bits per heavy atom. The first-order valence-electron chi connectivity index (χ1n) is 6.16. The van der Waals surface area contributed by atoms with Gasteiger partial charge < -0.3 is 9.88 Å². The van der Waals surface area contributed by atoms with Crippen LogP contribution in [0.15, 0.2) is 30.5 Å². The Labute approximate surface area is 107 Å². The van der Waals surface area contributed by atoms with Crippen LogP contribution in [0.3, 0.4) is 0 Å². The maximum atomic E-state index is 3.24. The van der Waals surface area contributed by atoms with E-state index in [9.17, 15) is 0 Å². The van der Waals surface area contributed by atoms with E-state index in [0.717, 1.165) is 13.1 Å². The lowest BCUT2D eigenvalue weighted by atomic mass is 10.1. The lowest BCUT2D eigenvalue weighted by molar-refractivity contribution is 0.782. The summed E-state index contributed by atoms with van der Waals surface area (Å²) in [5.41, 5.74) is 2.77. The Morgan fingerprint density at radius 1 is 1.29 bits per heavy atom. The fourth-order valence-electron chi connectivity index (χ4n) is 2.17. The second-order valence-electron chi connectivity index (χ2n) is 4.09. The van der Waals surface area contributed by atoms with Gasteiger partial charge in [0.25, 0.3) is 0 Å². The van der Waals surface area contributed by atoms with Crippen molar-refractivity contribution in [1.82, 2.24) is 9.88 Å². The van der Waals surface area contributed by atoms with Gasteiger partial charge >= 0.3 is 0 Å². The van der Waals surface area contributed by atoms with Crippen LogP contribution in [-0.2, 0) is 13.1 Å². The summed E-state index contributed by atoms with van der Waals surface area (Å²) in [5, 5.41) is 4.59. The molecule has 2 aromatic rings. The van der Waals surface area contributed by atoms with Crippen LogP contribution in [-0.4, -0.2) is 23.1 Å². The van der Waals surface area contributed by atoms with Gasteiger partial charge in [-0.15, -0.1) is 0 Å². The monoisotopic (exact) mass is 248 g/mol. The third-order valence-electron chi connectivity index (χ3n) is 2.92. The molecule has 0 unspecified atom stereocenters. The molecule has 2 nitrogen and oxygen atoms in total. The third kappa shape index (κ3) is 2.85. The van der Waals surface area contributed by atoms with E-state index in [-0.39, 0.29) is 0 Å². The fraction of sp³-hybridized carbons (Fsp3) is 0.429. The number of rotatable bonds is 6. The van der Waals surface area contributed by atoms with Gasteiger partial charge in [0.2, 0.25) is 0 Å². The molecule has 0 spiro atoms. The first kappa shape index (κ1) is 12.5. The average Bonchev–Trinajstić information content (AvgIpc) is 2.75. The number of hydrogen-bond acceptors (Lipinski definition) is 2. The summed E-state index contributed by atoms with van der Waals surface area (Å²) in [7, 11) is 2.00. The number of benzene rings is 1. The van der Waals surface area contributed by atoms with Crippen LogP contribution in [0.1, 0.15) is 12.5 Å². The molecular weight excluding hydrogens is 228 g/mol. The van der Waals surface area contributed by atoms with Crippen LogP contribution in [0.4, 0.5) is 0 Å². The van der Waals surface area contributed by atoms with Crippen molar-refractivity contribution in [3.05, 3.63) is 36.0 Å². The smallest absolute Gasteiger partial charge is 0.0526 e. The van der Waals surface area contributed by atoms with Crippen molar-refractivity contribution in [2.24, 2.45) is 0 Å². The summed E-state index contributed by atoms with van der Waals surface area (Å²) in [4.78, 5) is 0. The molecule has 0 aliphatic rings. The van der Waals surface area contributed by atoms with Crippen molar-refractivity contribution < 1.29 is 0 Å². The van der Waals surface area contributed by atoms with E-state index in [0.29, 0.717) is 0 Å². The Kier molecular flexibility index (Phi) is 4.51. The van der Waals surface area contributed by atoms with E-state index in [1.807, 2.05) is 18.8 Å². The average molecular weight is 248 g/mol. The van der Waals surface area contributed by atoms with Crippen LogP contribution in [0.5, 0.6) is 0 Å². The zero-order valence-corrected chi connectivity index (χ0v) is 11.4. The van der Waals surface area contributed by atoms with Crippen LogP contribution in [0.25, 0.3) is 10.9 Å². The van der Waals surface area contributed by atoms with Gasteiger partial charge in [-0.2, -0.15) is 11.8 Å². The van der Waals surface area contributed by atoms with E-state index in [1.54, 1.807) is 0 Å². The van der Waals surface area contributed by atoms with Crippen LogP contribution in [0, 0.1) is 0 Å². The summed E-state index contributed by atoms with van der Waals surface area (Å²) in [5.74, 6) is 2.39. The van der Waals surface area contributed by atoms with E-state index < -0.39 is 0 Å². The molecule has 1 aromatic heterocycles. The number of fused-ring (bicyclic) bond motifs is 1. The molecule has 1 N–H and O–H groups in total. The molecule has 0 bridgehead atoms. The van der Waals surface area contributed by atoms with E-state index >= 15 is 0 Å². The van der Waals surface area contributed by atoms with Crippen LogP contribution < -0.4 is 5.32 Å². The number of hydrogen-bond donors (Lipinski definition) is 1. The molecule has 17 heavy (non-hydrogen) atoms. The highest BCUT2D eigenvalue weighted by Crippen LogP contribution is 2.20. The fourth-order valence-corrected chi connectivity index (χ4v) is 2.78. The Balaban J connectivity index is 2.28. The summed E-state index contributed by atoms with van der Waals surface area (Å²) in [6.45, 7) is 4.25. The SMILES string of the molecule is CCSCCn1ccc2cccc(CNC)c21. The molecule has 0 fully saturated rings. The zero-order chi connectivity index (χ0) is 12.1. The molecule has 0 radical (unpaired) electrons. The van der Waals surface area contributed by atoms with Gasteiger partial charge in [-0.25, -0.2) is 0 Å². The van der Waals surface area contributed by atoms with Gasteiger partial charge in [-0.05, 0) is 29.8 Å². The molecule has 2 rings (SSSR count). The van der Waals surface area contributed by atoms with Crippen LogP contribution >= 0.6 is 11.8 Å². The van der Waals surface area contributed by atoms with Gasteiger partial charge in [0.05, 0.1) is 5.52 Å². The second-order valence-corrected chi connectivity index (χ2v) is 5.49. The molecule has 1 heterocycles. The standard InChI is InChI=1S/C14H20N2S/c1-3-17-10-9-16-8-7-12-5-4-6-13(11-15-2)14(12)16/h4-8,15H,3,9-11H2,1-2H3. The number of aryl methyl sites for hydroxylation is 1. The third-order valence-corrected chi connectivity index (χ3v) is 3.80. The van der Waals surface area contributed by atoms with Gasteiger partial charge in [-0.1, -0.05) is 25.1 Å². The van der Waals surface area contributed by atoms with Crippen molar-refractivity contribution in [3.63, 3.8) is 0 Å². The van der Waals surface area contributed by atoms with Crippen molar-refractivity contribution in [3.8, 4) is 0 Å². The van der Waals surface area contributed by atoms with Gasteiger partial charge in [0, 0.05) is 25.0 Å². The van der Waals surface area contributed by atoms with Crippen molar-refractivity contribution in [2.45, 2.75) is 20.0 Å². The first-order chi connectivity index (χ1) is 8.36. The van der Waals surface area contributed by atoms with Crippen molar-refractivity contribution in [1.29, 1.82) is 0 Å². The predicted molar refractivity (Wildman–Crippen MR) is 77.7 cm³/mol. The molecule has 0 saturated carbocycles. The number of nitrogens with one attached hydrogen (secondary N) is 1. The summed E-state index contributed by atoms with van der Waals surface area (Å²) < 4.78 is 2.38. The molecule has 1 aromatic carbocycles. The zero-order valence-electron chi connectivity index (χ0n) is 10.6. The maximum absolute atomic E-state index is 3.24. The highest BCUT2D eigenvalue weighted by atomic mass is 32.2. The Hall–Kier alpha value is -0.930. The maximum Gasteiger partial charge on any atom is 0.0526 e. The van der Waals surface area contributed by atoms with Gasteiger partial charge in [0.1, 0.15) is 0 Å². The molecule has 0 saturated heterocycles. The minimum Gasteiger partial charge on any atom is -0.346 e. The summed E-state index contributed by atoms with van der Waals surface area (Å²) in [6, 6.07) is 8.76. The molecule has 0 amide bonds. The number of para-hydroxylation sites is 1. The minimum absolute atomic E-state index is 0.933. The predicted octanol–water partition coefficient (Wildman–Crippen LogP) is 3.11. The summed E-state index contributed by atoms with van der Waals surface area (Å²) >= 11 is 2.00. The number of aromatic nitrogens is 1. The molecule has 92 valence electrons. The second kappa shape index (κ2) is 6.12. The first-order valence-corrected chi connectivity index (χ1v) is 7.31. The topological polar surface area (TPSA) is 17.0 Å². The van der Waals surface area contributed by atoms with Gasteiger partial charge in [0.15, 0.2) is 0 Å². The highest BCUT2D eigenvalue weighted by molar-refractivity contribution is 7.99. The Morgan fingerprint density at radius 3 is 2.94 bits per heavy atom. The minimum atomic E-state index is 0.933. The largest absolute Gasteiger partial charge is 0.346 e. The summed E-state index contributed by atoms with van der Waals surface area (Å²) in [6.07, 6.45) is 2.21. The lowest BCUT2D eigenvalue weighted by Crippen LogP contribution is -2.08. The van der Waals surface area contributed by atoms with E-state index in [2.05, 4.69) is 47.3 Å². The van der Waals surface area contributed by atoms with Crippen molar-refractivity contribution >= 4 is 22.7 Å². The molecule has 0 aliphatic heterocycles. The molecule has 0 atom stereocenters. The molecule has 3 heteroatoms. The lowest BCUT2D eigenvalue weighted by Gasteiger charge is -2.09. The van der Waals surface area contributed by atoms with Crippen molar-refractivity contribution in [2.75, 3.05) is 18.6 Å². The number of thioether (sulfide) groups is 1. The Bertz CT molecular complexity index is 476. The number of nitrogens with zero attached hydrogens (tertiary/aromatic N) is 1. The normalized spacial score (nSPS) is 11.2. The highest BCUT2D eigenvalue weighted by Gasteiger charge is 2.05. The van der Waals surface area contributed by atoms with Crippen LogP contribution in [0.2, 0.25) is 0 Å². The molecular formula is C14H20N2S. The van der Waals surface area contributed by atoms with E-state index in [4.69, 9.17) is 0 Å².